The van der Waals surface area contributed by atoms with Gasteiger partial charge >= 0.3 is 0 Å². The summed E-state index contributed by atoms with van der Waals surface area (Å²) in [5.41, 5.74) is 3.70. The summed E-state index contributed by atoms with van der Waals surface area (Å²) in [7, 11) is 1.65. The van der Waals surface area contributed by atoms with Crippen molar-refractivity contribution in [3.05, 3.63) is 70.4 Å². The van der Waals surface area contributed by atoms with Crippen molar-refractivity contribution in [3.63, 3.8) is 0 Å². The van der Waals surface area contributed by atoms with Crippen molar-refractivity contribution in [2.75, 3.05) is 7.11 Å². The van der Waals surface area contributed by atoms with Gasteiger partial charge in [-0.1, -0.05) is 36.4 Å². The number of aliphatic hydroxyl groups excluding tert-OH is 1. The van der Waals surface area contributed by atoms with Crippen molar-refractivity contribution in [3.8, 4) is 21.6 Å². The van der Waals surface area contributed by atoms with E-state index in [1.54, 1.807) is 30.6 Å². The molecule has 4 heteroatoms. The zero-order valence-corrected chi connectivity index (χ0v) is 13.4. The minimum atomic E-state index is -0.831. The Morgan fingerprint density at radius 1 is 1.09 bits per heavy atom. The molecule has 0 aliphatic heterocycles. The average molecular weight is 326 g/mol. The molecule has 0 spiro atoms. The second-order valence-corrected chi connectivity index (χ2v) is 6.72. The van der Waals surface area contributed by atoms with Crippen LogP contribution in [-0.4, -0.2) is 12.2 Å². The molecule has 1 N–H and O–H groups in total. The lowest BCUT2D eigenvalue weighted by molar-refractivity contribution is 0.187. The fourth-order valence-corrected chi connectivity index (χ4v) is 4.39. The molecular weight excluding hydrogens is 311 g/mol. The average Bonchev–Trinajstić information content (AvgIpc) is 2.94. The second kappa shape index (κ2) is 5.57. The van der Waals surface area contributed by atoms with Crippen LogP contribution in [0.4, 0.5) is 4.39 Å². The molecule has 0 fully saturated rings. The van der Waals surface area contributed by atoms with E-state index in [-0.39, 0.29) is 5.82 Å². The quantitative estimate of drug-likeness (QED) is 0.735. The molecule has 0 radical (unpaired) electrons. The van der Waals surface area contributed by atoms with Gasteiger partial charge in [-0.05, 0) is 28.8 Å². The van der Waals surface area contributed by atoms with Gasteiger partial charge in [0.05, 0.1) is 6.61 Å². The largest absolute Gasteiger partial charge is 0.384 e. The number of methoxy groups -OCH3 is 1. The summed E-state index contributed by atoms with van der Waals surface area (Å²) in [6, 6.07) is 14.6. The lowest BCUT2D eigenvalue weighted by Crippen LogP contribution is -2.02. The van der Waals surface area contributed by atoms with E-state index in [1.165, 1.54) is 6.07 Å². The molecule has 0 amide bonds. The number of rotatable bonds is 2. The van der Waals surface area contributed by atoms with Gasteiger partial charge in [-0.2, -0.15) is 0 Å². The first-order chi connectivity index (χ1) is 11.2. The van der Waals surface area contributed by atoms with E-state index in [0.29, 0.717) is 17.7 Å². The summed E-state index contributed by atoms with van der Waals surface area (Å²) in [6.07, 6.45) is -0.831. The molecule has 116 valence electrons. The van der Waals surface area contributed by atoms with E-state index >= 15 is 0 Å². The van der Waals surface area contributed by atoms with Gasteiger partial charge in [-0.15, -0.1) is 11.3 Å². The van der Waals surface area contributed by atoms with Crippen LogP contribution in [0.15, 0.2) is 48.5 Å². The summed E-state index contributed by atoms with van der Waals surface area (Å²) in [5, 5.41) is 10.8. The Kier molecular flexibility index (Phi) is 3.53. The number of fused-ring (bicyclic) bond motifs is 5. The Labute approximate surface area is 137 Å². The van der Waals surface area contributed by atoms with E-state index < -0.39 is 6.10 Å². The van der Waals surface area contributed by atoms with Crippen LogP contribution in [0.3, 0.4) is 0 Å². The zero-order valence-electron chi connectivity index (χ0n) is 12.5. The van der Waals surface area contributed by atoms with Gasteiger partial charge in [0.15, 0.2) is 0 Å². The first kappa shape index (κ1) is 14.6. The third kappa shape index (κ3) is 2.22. The minimum absolute atomic E-state index is 0.308. The van der Waals surface area contributed by atoms with E-state index in [2.05, 4.69) is 0 Å². The number of thiophene rings is 1. The summed E-state index contributed by atoms with van der Waals surface area (Å²) >= 11 is 1.59. The molecule has 2 aromatic carbocycles. The zero-order chi connectivity index (χ0) is 16.0. The molecular formula is C19H15FO2S. The van der Waals surface area contributed by atoms with Gasteiger partial charge in [0.2, 0.25) is 0 Å². The van der Waals surface area contributed by atoms with Crippen molar-refractivity contribution >= 4 is 11.3 Å². The van der Waals surface area contributed by atoms with Gasteiger partial charge in [-0.25, -0.2) is 4.39 Å². The Balaban J connectivity index is 2.09. The molecule has 1 aromatic heterocycles. The summed E-state index contributed by atoms with van der Waals surface area (Å²) in [5.74, 6) is -0.308. The van der Waals surface area contributed by atoms with Gasteiger partial charge in [0, 0.05) is 28.0 Å². The van der Waals surface area contributed by atoms with E-state index in [4.69, 9.17) is 4.74 Å². The maximum atomic E-state index is 14.6. The summed E-state index contributed by atoms with van der Waals surface area (Å²) in [6.45, 7) is 0.492. The van der Waals surface area contributed by atoms with Crippen LogP contribution in [0.25, 0.3) is 21.6 Å². The molecule has 1 unspecified atom stereocenters. The predicted octanol–water partition coefficient (Wildman–Crippen LogP) is 4.76. The Morgan fingerprint density at radius 2 is 1.87 bits per heavy atom. The fraction of sp³-hybridized carbons (Fsp3) is 0.158. The van der Waals surface area contributed by atoms with Gasteiger partial charge in [-0.3, -0.25) is 0 Å². The molecule has 23 heavy (non-hydrogen) atoms. The van der Waals surface area contributed by atoms with Crippen LogP contribution in [-0.2, 0) is 11.3 Å². The van der Waals surface area contributed by atoms with Crippen molar-refractivity contribution in [2.45, 2.75) is 12.7 Å². The van der Waals surface area contributed by atoms with Crippen LogP contribution in [0.1, 0.15) is 22.1 Å². The summed E-state index contributed by atoms with van der Waals surface area (Å²) in [4.78, 5) is 2.02. The van der Waals surface area contributed by atoms with Crippen LogP contribution in [0.5, 0.6) is 0 Å². The smallest absolute Gasteiger partial charge is 0.131 e. The number of halogens is 1. The lowest BCUT2D eigenvalue weighted by Gasteiger charge is -2.14. The predicted molar refractivity (Wildman–Crippen MR) is 89.9 cm³/mol. The van der Waals surface area contributed by atoms with Gasteiger partial charge < -0.3 is 9.84 Å². The normalized spacial score (nSPS) is 15.5. The first-order valence-electron chi connectivity index (χ1n) is 7.38. The highest BCUT2D eigenvalue weighted by atomic mass is 32.1. The standard InChI is InChI=1S/C19H15FO2S/c1-22-10-11-9-15-17-14(7-4-8-16(17)20)18(21)12-5-2-3-6-13(12)19(15)23-11/h2-9,18,21H,10H2,1H3. The Morgan fingerprint density at radius 3 is 2.70 bits per heavy atom. The van der Waals surface area contributed by atoms with Crippen molar-refractivity contribution in [2.24, 2.45) is 0 Å². The van der Waals surface area contributed by atoms with Crippen LogP contribution in [0, 0.1) is 5.82 Å². The van der Waals surface area contributed by atoms with Crippen LogP contribution >= 0.6 is 11.3 Å². The van der Waals surface area contributed by atoms with Gasteiger partial charge in [0.1, 0.15) is 11.9 Å². The minimum Gasteiger partial charge on any atom is -0.384 e. The molecule has 0 bridgehead atoms. The molecule has 4 rings (SSSR count). The lowest BCUT2D eigenvalue weighted by atomic mass is 9.96. The monoisotopic (exact) mass is 326 g/mol. The molecule has 0 saturated heterocycles. The van der Waals surface area contributed by atoms with E-state index in [0.717, 1.165) is 26.4 Å². The molecule has 2 nitrogen and oxygen atoms in total. The number of ether oxygens (including phenoxy) is 1. The first-order valence-corrected chi connectivity index (χ1v) is 8.20. The maximum absolute atomic E-state index is 14.6. The maximum Gasteiger partial charge on any atom is 0.131 e. The molecule has 1 aliphatic carbocycles. The molecule has 1 atom stereocenters. The highest BCUT2D eigenvalue weighted by molar-refractivity contribution is 7.16. The third-order valence-corrected chi connectivity index (χ3v) is 5.32. The second-order valence-electron chi connectivity index (χ2n) is 5.58. The summed E-state index contributed by atoms with van der Waals surface area (Å²) < 4.78 is 19.8. The Hall–Kier alpha value is -2.01. The fourth-order valence-electron chi connectivity index (χ4n) is 3.20. The van der Waals surface area contributed by atoms with Gasteiger partial charge in [0.25, 0.3) is 0 Å². The molecule has 0 saturated carbocycles. The van der Waals surface area contributed by atoms with E-state index in [1.807, 2.05) is 30.3 Å². The van der Waals surface area contributed by atoms with Crippen LogP contribution in [0.2, 0.25) is 0 Å². The molecule has 1 heterocycles. The molecule has 3 aromatic rings. The SMILES string of the molecule is COCc1cc2c(s1)-c1ccccc1C(O)c1cccc(F)c1-2. The number of benzene rings is 2. The topological polar surface area (TPSA) is 29.5 Å². The Bertz CT molecular complexity index is 885. The highest BCUT2D eigenvalue weighted by Crippen LogP contribution is 2.49. The number of hydrogen-bond donors (Lipinski definition) is 1. The number of hydrogen-bond acceptors (Lipinski definition) is 3. The third-order valence-electron chi connectivity index (χ3n) is 4.18. The molecule has 1 aliphatic rings. The van der Waals surface area contributed by atoms with Crippen molar-refractivity contribution in [1.29, 1.82) is 0 Å². The number of aliphatic hydroxyl groups is 1. The highest BCUT2D eigenvalue weighted by Gasteiger charge is 2.29. The van der Waals surface area contributed by atoms with E-state index in [9.17, 15) is 9.50 Å². The van der Waals surface area contributed by atoms with Crippen molar-refractivity contribution in [1.82, 2.24) is 0 Å². The van der Waals surface area contributed by atoms with Crippen LogP contribution < -0.4 is 0 Å². The van der Waals surface area contributed by atoms with Crippen molar-refractivity contribution < 1.29 is 14.2 Å².